The van der Waals surface area contributed by atoms with Crippen LogP contribution >= 0.6 is 12.2 Å². The lowest BCUT2D eigenvalue weighted by Gasteiger charge is -2.19. The van der Waals surface area contributed by atoms with E-state index in [1.54, 1.807) is 11.0 Å². The van der Waals surface area contributed by atoms with Crippen LogP contribution in [0, 0.1) is 6.92 Å². The maximum absolute atomic E-state index is 12.4. The van der Waals surface area contributed by atoms with Gasteiger partial charge in [-0.1, -0.05) is 32.9 Å². The van der Waals surface area contributed by atoms with Gasteiger partial charge in [-0.15, -0.1) is 0 Å². The zero-order valence-corrected chi connectivity index (χ0v) is 17.2. The summed E-state index contributed by atoms with van der Waals surface area (Å²) in [6.45, 7) is 8.24. The summed E-state index contributed by atoms with van der Waals surface area (Å²) in [7, 11) is 0. The summed E-state index contributed by atoms with van der Waals surface area (Å²) in [6, 6.07) is 15.1. The lowest BCUT2D eigenvalue weighted by molar-refractivity contribution is 0.0977. The number of aryl methyl sites for hydroxylation is 1. The van der Waals surface area contributed by atoms with Gasteiger partial charge < -0.3 is 5.32 Å². The van der Waals surface area contributed by atoms with Crippen molar-refractivity contribution in [3.63, 3.8) is 0 Å². The van der Waals surface area contributed by atoms with E-state index in [1.165, 1.54) is 5.56 Å². The van der Waals surface area contributed by atoms with Gasteiger partial charge >= 0.3 is 0 Å². The number of anilines is 1. The van der Waals surface area contributed by atoms with Crippen molar-refractivity contribution in [2.45, 2.75) is 33.1 Å². The van der Waals surface area contributed by atoms with Gasteiger partial charge in [0.2, 0.25) is 0 Å². The number of aromatic nitrogens is 3. The fraction of sp³-hybridized carbons (Fsp3) is 0.238. The Bertz CT molecular complexity index is 985. The molecule has 6 nitrogen and oxygen atoms in total. The molecule has 2 N–H and O–H groups in total. The highest BCUT2D eigenvalue weighted by molar-refractivity contribution is 7.80. The Labute approximate surface area is 170 Å². The third kappa shape index (κ3) is 4.80. The van der Waals surface area contributed by atoms with E-state index in [0.29, 0.717) is 11.4 Å². The molecule has 0 fully saturated rings. The number of nitrogens with one attached hydrogen (secondary N) is 2. The van der Waals surface area contributed by atoms with Crippen LogP contribution in [0.5, 0.6) is 0 Å². The second-order valence-corrected chi connectivity index (χ2v) is 7.93. The summed E-state index contributed by atoms with van der Waals surface area (Å²) in [5.41, 5.74) is 3.44. The molecular formula is C21H23N5OS. The Balaban J connectivity index is 1.59. The first-order chi connectivity index (χ1) is 13.2. The molecule has 0 unspecified atom stereocenters. The van der Waals surface area contributed by atoms with Crippen molar-refractivity contribution in [3.05, 3.63) is 71.8 Å². The van der Waals surface area contributed by atoms with Gasteiger partial charge in [-0.25, -0.2) is 9.67 Å². The molecule has 3 aromatic rings. The van der Waals surface area contributed by atoms with Gasteiger partial charge in [0.1, 0.15) is 12.2 Å². The highest BCUT2D eigenvalue weighted by atomic mass is 32.1. The van der Waals surface area contributed by atoms with Crippen LogP contribution in [0.3, 0.4) is 0 Å². The predicted molar refractivity (Wildman–Crippen MR) is 115 cm³/mol. The lowest BCUT2D eigenvalue weighted by atomic mass is 9.87. The number of carbonyl (C=O) groups excluding carboxylic acids is 1. The van der Waals surface area contributed by atoms with Gasteiger partial charge in [-0.2, -0.15) is 5.10 Å². The molecule has 1 heterocycles. The molecule has 7 heteroatoms. The van der Waals surface area contributed by atoms with E-state index in [9.17, 15) is 4.79 Å². The standard InChI is InChI=1S/C21H23N5OS/c1-14-22-13-26(25-14)18-11-9-17(10-12-18)23-20(28)24-19(27)15-5-7-16(8-6-15)21(2,3)4/h5-13H,1-4H3,(H2,23,24,27,28). The zero-order chi connectivity index (χ0) is 20.3. The van der Waals surface area contributed by atoms with Crippen molar-refractivity contribution in [1.29, 1.82) is 0 Å². The molecule has 1 amide bonds. The number of benzene rings is 2. The smallest absolute Gasteiger partial charge is 0.257 e. The van der Waals surface area contributed by atoms with E-state index in [0.717, 1.165) is 11.4 Å². The highest BCUT2D eigenvalue weighted by Gasteiger charge is 2.14. The Morgan fingerprint density at radius 2 is 1.68 bits per heavy atom. The molecule has 2 aromatic carbocycles. The van der Waals surface area contributed by atoms with Crippen LogP contribution in [0.2, 0.25) is 0 Å². The fourth-order valence-corrected chi connectivity index (χ4v) is 2.84. The fourth-order valence-electron chi connectivity index (χ4n) is 2.63. The number of amides is 1. The van der Waals surface area contributed by atoms with Crippen molar-refractivity contribution in [2.24, 2.45) is 0 Å². The van der Waals surface area contributed by atoms with E-state index in [1.807, 2.05) is 55.5 Å². The third-order valence-electron chi connectivity index (χ3n) is 4.24. The maximum Gasteiger partial charge on any atom is 0.257 e. The molecule has 0 spiro atoms. The van der Waals surface area contributed by atoms with Gasteiger partial charge in [0.25, 0.3) is 5.91 Å². The van der Waals surface area contributed by atoms with Gasteiger partial charge in [0, 0.05) is 11.3 Å². The van der Waals surface area contributed by atoms with Crippen molar-refractivity contribution >= 4 is 28.9 Å². The van der Waals surface area contributed by atoms with E-state index >= 15 is 0 Å². The summed E-state index contributed by atoms with van der Waals surface area (Å²) in [4.78, 5) is 16.5. The molecule has 3 rings (SSSR count). The summed E-state index contributed by atoms with van der Waals surface area (Å²) < 4.78 is 1.69. The number of carbonyl (C=O) groups is 1. The Morgan fingerprint density at radius 3 is 2.21 bits per heavy atom. The Morgan fingerprint density at radius 1 is 1.04 bits per heavy atom. The molecule has 0 radical (unpaired) electrons. The van der Waals surface area contributed by atoms with Crippen molar-refractivity contribution in [1.82, 2.24) is 20.1 Å². The molecule has 0 saturated carbocycles. The Kier molecular flexibility index (Phi) is 5.56. The van der Waals surface area contributed by atoms with Crippen LogP contribution in [0.15, 0.2) is 54.9 Å². The average molecular weight is 394 g/mol. The number of rotatable bonds is 3. The molecule has 1 aromatic heterocycles. The number of nitrogens with zero attached hydrogens (tertiary/aromatic N) is 3. The zero-order valence-electron chi connectivity index (χ0n) is 16.4. The third-order valence-corrected chi connectivity index (χ3v) is 4.44. The predicted octanol–water partition coefficient (Wildman–Crippen LogP) is 4.00. The lowest BCUT2D eigenvalue weighted by Crippen LogP contribution is -2.34. The normalized spacial score (nSPS) is 11.1. The minimum absolute atomic E-state index is 0.0446. The van der Waals surface area contributed by atoms with Gasteiger partial charge in [-0.05, 0) is 66.5 Å². The van der Waals surface area contributed by atoms with Crippen LogP contribution in [0.4, 0.5) is 5.69 Å². The van der Waals surface area contributed by atoms with Crippen LogP contribution < -0.4 is 10.6 Å². The molecule has 28 heavy (non-hydrogen) atoms. The second kappa shape index (κ2) is 7.90. The molecule has 0 aliphatic rings. The van der Waals surface area contributed by atoms with Crippen LogP contribution in [0.1, 0.15) is 42.5 Å². The SMILES string of the molecule is Cc1ncn(-c2ccc(NC(=S)NC(=O)c3ccc(C(C)(C)C)cc3)cc2)n1. The van der Waals surface area contributed by atoms with E-state index in [4.69, 9.17) is 12.2 Å². The van der Waals surface area contributed by atoms with Crippen LogP contribution in [0.25, 0.3) is 5.69 Å². The first kappa shape index (κ1) is 19.7. The quantitative estimate of drug-likeness (QED) is 0.658. The molecular weight excluding hydrogens is 370 g/mol. The number of thiocarbonyl (C=S) groups is 1. The van der Waals surface area contributed by atoms with Crippen molar-refractivity contribution < 1.29 is 4.79 Å². The van der Waals surface area contributed by atoms with Gasteiger partial charge in [0.15, 0.2) is 5.11 Å². The highest BCUT2D eigenvalue weighted by Crippen LogP contribution is 2.22. The minimum Gasteiger partial charge on any atom is -0.332 e. The largest absolute Gasteiger partial charge is 0.332 e. The topological polar surface area (TPSA) is 71.8 Å². The maximum atomic E-state index is 12.4. The molecule has 0 saturated heterocycles. The summed E-state index contributed by atoms with van der Waals surface area (Å²) >= 11 is 5.26. The van der Waals surface area contributed by atoms with Crippen LogP contribution in [-0.4, -0.2) is 25.8 Å². The van der Waals surface area contributed by atoms with Gasteiger partial charge in [0.05, 0.1) is 5.69 Å². The summed E-state index contributed by atoms with van der Waals surface area (Å²) in [5.74, 6) is 0.467. The second-order valence-electron chi connectivity index (χ2n) is 7.52. The first-order valence-electron chi connectivity index (χ1n) is 8.94. The average Bonchev–Trinajstić information content (AvgIpc) is 3.08. The van der Waals surface area contributed by atoms with Crippen molar-refractivity contribution in [2.75, 3.05) is 5.32 Å². The minimum atomic E-state index is -0.243. The molecule has 0 aliphatic carbocycles. The first-order valence-corrected chi connectivity index (χ1v) is 9.35. The summed E-state index contributed by atoms with van der Waals surface area (Å²) in [6.07, 6.45) is 1.66. The molecule has 144 valence electrons. The molecule has 0 bridgehead atoms. The summed E-state index contributed by atoms with van der Waals surface area (Å²) in [5, 5.41) is 10.2. The molecule has 0 atom stereocenters. The van der Waals surface area contributed by atoms with E-state index < -0.39 is 0 Å². The van der Waals surface area contributed by atoms with E-state index in [2.05, 4.69) is 41.5 Å². The van der Waals surface area contributed by atoms with Crippen molar-refractivity contribution in [3.8, 4) is 5.69 Å². The number of hydrogen-bond acceptors (Lipinski definition) is 4. The monoisotopic (exact) mass is 393 g/mol. The number of hydrogen-bond donors (Lipinski definition) is 2. The van der Waals surface area contributed by atoms with Gasteiger partial charge in [-0.3, -0.25) is 10.1 Å². The van der Waals surface area contributed by atoms with E-state index in [-0.39, 0.29) is 16.4 Å². The molecule has 0 aliphatic heterocycles. The Hall–Kier alpha value is -3.06. The van der Waals surface area contributed by atoms with Crippen LogP contribution in [-0.2, 0) is 5.41 Å².